The van der Waals surface area contributed by atoms with Gasteiger partial charge in [-0.05, 0) is 59.5 Å². The van der Waals surface area contributed by atoms with Crippen LogP contribution in [0.2, 0.25) is 0 Å². The number of nitrogens with zero attached hydrogens (tertiary/aromatic N) is 4. The van der Waals surface area contributed by atoms with E-state index in [-0.39, 0.29) is 17.4 Å². The number of likely N-dealkylation sites (N-methyl/N-ethyl adjacent to an activating group) is 1. The van der Waals surface area contributed by atoms with Gasteiger partial charge in [0.05, 0.1) is 29.0 Å². The second kappa shape index (κ2) is 9.48. The molecule has 1 N–H and O–H groups in total. The maximum atomic E-state index is 13.1. The van der Waals surface area contributed by atoms with Crippen LogP contribution in [0.3, 0.4) is 0 Å². The lowest BCUT2D eigenvalue weighted by molar-refractivity contribution is -0.140. The van der Waals surface area contributed by atoms with Crippen molar-refractivity contribution in [2.75, 3.05) is 27.2 Å². The Hall–Kier alpha value is -3.26. The second-order valence-corrected chi connectivity index (χ2v) is 8.45. The van der Waals surface area contributed by atoms with Gasteiger partial charge in [-0.25, -0.2) is 9.97 Å². The Morgan fingerprint density at radius 3 is 2.59 bits per heavy atom. The number of aliphatic hydroxyl groups excluding tert-OH is 1. The molecule has 8 heteroatoms. The molecule has 0 saturated carbocycles. The molecule has 1 amide bonds. The van der Waals surface area contributed by atoms with E-state index in [0.717, 1.165) is 0 Å². The molecular weight excluding hydrogens is 408 g/mol. The zero-order valence-corrected chi connectivity index (χ0v) is 19.4. The van der Waals surface area contributed by atoms with Gasteiger partial charge in [0, 0.05) is 19.3 Å². The number of rotatable bonds is 7. The van der Waals surface area contributed by atoms with E-state index in [1.54, 1.807) is 13.8 Å². The van der Waals surface area contributed by atoms with Crippen LogP contribution in [0.4, 0.5) is 0 Å². The highest BCUT2D eigenvalue weighted by Gasteiger charge is 2.46. The van der Waals surface area contributed by atoms with Gasteiger partial charge in [0.1, 0.15) is 17.3 Å². The summed E-state index contributed by atoms with van der Waals surface area (Å²) in [5, 5.41) is 11.2. The van der Waals surface area contributed by atoms with Crippen molar-refractivity contribution in [3.05, 3.63) is 58.7 Å². The number of ketones is 1. The van der Waals surface area contributed by atoms with Crippen molar-refractivity contribution < 1.29 is 19.4 Å². The fraction of sp³-hybridized carbons (Fsp3) is 0.417. The van der Waals surface area contributed by atoms with Crippen LogP contribution in [0.15, 0.2) is 36.0 Å². The average Bonchev–Trinajstić information content (AvgIpc) is 2.96. The Morgan fingerprint density at radius 1 is 1.25 bits per heavy atom. The summed E-state index contributed by atoms with van der Waals surface area (Å²) in [6.07, 6.45) is 1.45. The first kappa shape index (κ1) is 23.4. The van der Waals surface area contributed by atoms with Gasteiger partial charge in [-0.1, -0.05) is 12.1 Å². The minimum Gasteiger partial charge on any atom is -0.507 e. The van der Waals surface area contributed by atoms with Crippen molar-refractivity contribution in [2.45, 2.75) is 39.8 Å². The number of hydrogen-bond acceptors (Lipinski definition) is 7. The topological polar surface area (TPSA) is 95.9 Å². The maximum Gasteiger partial charge on any atom is 0.295 e. The van der Waals surface area contributed by atoms with Gasteiger partial charge in [-0.3, -0.25) is 9.59 Å². The van der Waals surface area contributed by atoms with Crippen LogP contribution in [0, 0.1) is 13.8 Å². The third kappa shape index (κ3) is 4.80. The average molecular weight is 439 g/mol. The number of hydrogen-bond donors (Lipinski definition) is 1. The number of aromatic nitrogens is 2. The number of benzene rings is 1. The van der Waals surface area contributed by atoms with Crippen LogP contribution >= 0.6 is 0 Å². The van der Waals surface area contributed by atoms with Gasteiger partial charge < -0.3 is 19.6 Å². The lowest BCUT2D eigenvalue weighted by atomic mass is 9.95. The van der Waals surface area contributed by atoms with E-state index in [0.29, 0.717) is 41.5 Å². The van der Waals surface area contributed by atoms with E-state index in [1.165, 1.54) is 11.1 Å². The Morgan fingerprint density at radius 2 is 1.97 bits per heavy atom. The number of Topliss-reactive ketones (excluding diaryl/α,β-unsaturated/α-hetero) is 1. The molecule has 0 spiro atoms. The molecule has 2 heterocycles. The van der Waals surface area contributed by atoms with Crippen LogP contribution < -0.4 is 4.74 Å². The maximum absolute atomic E-state index is 13.1. The summed E-state index contributed by atoms with van der Waals surface area (Å²) in [4.78, 5) is 38.0. The standard InChI is InChI=1S/C24H30N4O4/c1-14(2)32-18-9-7-8-17(12-18)21-20(22(29)19-13-25-16(4)26-15(19)3)23(30)24(31)28(21)11-10-27(5)6/h7-9,12-14,21,29H,10-11H2,1-6H3/b22-20+/t21-/m1/s1. The molecule has 1 saturated heterocycles. The minimum absolute atomic E-state index is 0.0299. The van der Waals surface area contributed by atoms with Crippen molar-refractivity contribution in [2.24, 2.45) is 0 Å². The van der Waals surface area contributed by atoms with Crippen LogP contribution in [0.25, 0.3) is 5.76 Å². The van der Waals surface area contributed by atoms with Crippen molar-refractivity contribution in [1.82, 2.24) is 19.8 Å². The van der Waals surface area contributed by atoms with E-state index >= 15 is 0 Å². The van der Waals surface area contributed by atoms with Gasteiger partial charge in [0.15, 0.2) is 0 Å². The number of aryl methyl sites for hydroxylation is 2. The van der Waals surface area contributed by atoms with Crippen LogP contribution in [-0.4, -0.2) is 69.9 Å². The summed E-state index contributed by atoms with van der Waals surface area (Å²) in [6, 6.07) is 6.54. The van der Waals surface area contributed by atoms with Crippen molar-refractivity contribution in [1.29, 1.82) is 0 Å². The van der Waals surface area contributed by atoms with Crippen molar-refractivity contribution in [3.8, 4) is 5.75 Å². The zero-order chi connectivity index (χ0) is 23.6. The van der Waals surface area contributed by atoms with Crippen molar-refractivity contribution >= 4 is 17.4 Å². The van der Waals surface area contributed by atoms with Crippen LogP contribution in [0.5, 0.6) is 5.75 Å². The summed E-state index contributed by atoms with van der Waals surface area (Å²) < 4.78 is 5.82. The molecule has 0 aliphatic carbocycles. The molecule has 1 aliphatic heterocycles. The highest BCUT2D eigenvalue weighted by atomic mass is 16.5. The summed E-state index contributed by atoms with van der Waals surface area (Å²) in [6.45, 7) is 8.23. The predicted octanol–water partition coefficient (Wildman–Crippen LogP) is 2.86. The molecule has 3 rings (SSSR count). The number of carbonyl (C=O) groups excluding carboxylic acids is 2. The molecule has 1 atom stereocenters. The van der Waals surface area contributed by atoms with E-state index < -0.39 is 17.7 Å². The molecule has 1 aromatic heterocycles. The Bertz CT molecular complexity index is 1060. The van der Waals surface area contributed by atoms with Gasteiger partial charge in [0.25, 0.3) is 11.7 Å². The van der Waals surface area contributed by atoms with E-state index in [1.807, 2.05) is 57.1 Å². The fourth-order valence-corrected chi connectivity index (χ4v) is 3.76. The molecule has 170 valence electrons. The Kier molecular flexibility index (Phi) is 6.93. The SMILES string of the molecule is Cc1ncc(/C(O)=C2\C(=O)C(=O)N(CCN(C)C)[C@@H]2c2cccc(OC(C)C)c2)c(C)n1. The molecule has 1 aromatic carbocycles. The monoisotopic (exact) mass is 438 g/mol. The molecule has 0 unspecified atom stereocenters. The Balaban J connectivity index is 2.17. The summed E-state index contributed by atoms with van der Waals surface area (Å²) >= 11 is 0. The molecule has 32 heavy (non-hydrogen) atoms. The van der Waals surface area contributed by atoms with Gasteiger partial charge >= 0.3 is 0 Å². The first-order chi connectivity index (χ1) is 15.1. The quantitative estimate of drug-likeness (QED) is 0.403. The smallest absolute Gasteiger partial charge is 0.295 e. The molecule has 2 aromatic rings. The first-order valence-electron chi connectivity index (χ1n) is 10.6. The number of carbonyl (C=O) groups is 2. The van der Waals surface area contributed by atoms with Crippen molar-refractivity contribution in [3.63, 3.8) is 0 Å². The summed E-state index contributed by atoms with van der Waals surface area (Å²) in [5.74, 6) is -0.444. The summed E-state index contributed by atoms with van der Waals surface area (Å²) in [5.41, 5.74) is 1.59. The molecule has 8 nitrogen and oxygen atoms in total. The fourth-order valence-electron chi connectivity index (χ4n) is 3.76. The van der Waals surface area contributed by atoms with Crippen LogP contribution in [0.1, 0.15) is 42.5 Å². The third-order valence-electron chi connectivity index (χ3n) is 5.23. The molecular formula is C24H30N4O4. The van der Waals surface area contributed by atoms with E-state index in [9.17, 15) is 14.7 Å². The molecule has 1 aliphatic rings. The highest BCUT2D eigenvalue weighted by molar-refractivity contribution is 6.46. The minimum atomic E-state index is -0.744. The van der Waals surface area contributed by atoms with Gasteiger partial charge in [-0.2, -0.15) is 0 Å². The predicted molar refractivity (Wildman–Crippen MR) is 121 cm³/mol. The van der Waals surface area contributed by atoms with Gasteiger partial charge in [0.2, 0.25) is 0 Å². The lowest BCUT2D eigenvalue weighted by Crippen LogP contribution is -2.35. The van der Waals surface area contributed by atoms with Crippen LogP contribution in [-0.2, 0) is 9.59 Å². The van der Waals surface area contributed by atoms with Gasteiger partial charge in [-0.15, -0.1) is 0 Å². The molecule has 0 radical (unpaired) electrons. The number of amides is 1. The number of aliphatic hydroxyl groups is 1. The molecule has 0 bridgehead atoms. The Labute approximate surface area is 188 Å². The number of ether oxygens (including phenoxy) is 1. The first-order valence-corrected chi connectivity index (χ1v) is 10.6. The van der Waals surface area contributed by atoms with E-state index in [4.69, 9.17) is 4.74 Å². The number of likely N-dealkylation sites (tertiary alicyclic amines) is 1. The zero-order valence-electron chi connectivity index (χ0n) is 19.4. The molecule has 1 fully saturated rings. The third-order valence-corrected chi connectivity index (χ3v) is 5.23. The van der Waals surface area contributed by atoms with E-state index in [2.05, 4.69) is 9.97 Å². The lowest BCUT2D eigenvalue weighted by Gasteiger charge is -2.27. The highest BCUT2D eigenvalue weighted by Crippen LogP contribution is 2.40. The second-order valence-electron chi connectivity index (χ2n) is 8.45. The normalized spacial score (nSPS) is 18.1. The summed E-state index contributed by atoms with van der Waals surface area (Å²) in [7, 11) is 3.80. The largest absolute Gasteiger partial charge is 0.507 e.